The minimum absolute atomic E-state index is 0.123. The second-order valence-corrected chi connectivity index (χ2v) is 12.0. The molecule has 2 heterocycles. The number of hydrogen-bond acceptors (Lipinski definition) is 4. The van der Waals surface area contributed by atoms with Crippen LogP contribution in [-0.2, 0) is 10.0 Å². The van der Waals surface area contributed by atoms with Gasteiger partial charge in [-0.05, 0) is 48.7 Å². The lowest BCUT2D eigenvalue weighted by molar-refractivity contribution is 0.0925. The number of nitrogens with zero attached hydrogens (tertiary/aromatic N) is 1. The molecule has 0 saturated heterocycles. The largest absolute Gasteiger partial charge is 0.358 e. The van der Waals surface area contributed by atoms with Crippen LogP contribution in [0.5, 0.6) is 0 Å². The zero-order valence-corrected chi connectivity index (χ0v) is 23.2. The molecule has 39 heavy (non-hydrogen) atoms. The van der Waals surface area contributed by atoms with Gasteiger partial charge in [0.1, 0.15) is 10.7 Å². The maximum Gasteiger partial charge on any atom is 0.264 e. The fraction of sp³-hybridized carbons (Fsp3) is 0.185. The Hall–Kier alpha value is -3.60. The van der Waals surface area contributed by atoms with Gasteiger partial charge in [-0.2, -0.15) is 0 Å². The Morgan fingerprint density at radius 1 is 1.05 bits per heavy atom. The summed E-state index contributed by atoms with van der Waals surface area (Å²) in [5.74, 6) is -1.23. The van der Waals surface area contributed by atoms with Gasteiger partial charge in [0.25, 0.3) is 15.9 Å². The highest BCUT2D eigenvalue weighted by atomic mass is 35.5. The summed E-state index contributed by atoms with van der Waals surface area (Å²) in [6, 6.07) is 13.5. The van der Waals surface area contributed by atoms with Gasteiger partial charge >= 0.3 is 0 Å². The molecule has 0 bridgehead atoms. The van der Waals surface area contributed by atoms with Gasteiger partial charge in [-0.3, -0.25) is 9.52 Å². The van der Waals surface area contributed by atoms with E-state index in [-0.39, 0.29) is 11.6 Å². The van der Waals surface area contributed by atoms with E-state index < -0.39 is 38.2 Å². The molecule has 0 spiro atoms. The molecule has 0 aliphatic carbocycles. The highest BCUT2D eigenvalue weighted by Gasteiger charge is 2.27. The molecule has 0 aliphatic rings. The molecule has 0 unspecified atom stereocenters. The number of fused-ring (bicyclic) bond motifs is 2. The van der Waals surface area contributed by atoms with Crippen LogP contribution in [-0.4, -0.2) is 29.3 Å². The normalized spacial score (nSPS) is 12.8. The van der Waals surface area contributed by atoms with Crippen LogP contribution < -0.4 is 10.0 Å². The van der Waals surface area contributed by atoms with Gasteiger partial charge in [0.2, 0.25) is 0 Å². The number of H-pyrrole nitrogens is 2. The van der Waals surface area contributed by atoms with Crippen molar-refractivity contribution in [3.05, 3.63) is 88.0 Å². The number of anilines is 1. The molecular formula is C27H24Cl2FN5O3S. The number of benzene rings is 3. The number of sulfonamides is 1. The highest BCUT2D eigenvalue weighted by molar-refractivity contribution is 7.92. The fourth-order valence-corrected chi connectivity index (χ4v) is 6.16. The lowest BCUT2D eigenvalue weighted by atomic mass is 10.0. The number of rotatable bonds is 8. The zero-order valence-electron chi connectivity index (χ0n) is 20.8. The summed E-state index contributed by atoms with van der Waals surface area (Å²) >= 11 is 12.3. The molecule has 5 rings (SSSR count). The lowest BCUT2D eigenvalue weighted by Gasteiger charge is -2.19. The van der Waals surface area contributed by atoms with Crippen molar-refractivity contribution in [2.24, 2.45) is 5.92 Å². The summed E-state index contributed by atoms with van der Waals surface area (Å²) in [4.78, 5) is 23.2. The summed E-state index contributed by atoms with van der Waals surface area (Å²) in [5.41, 5.74) is 1.60. The van der Waals surface area contributed by atoms with Crippen LogP contribution in [0.25, 0.3) is 21.9 Å². The number of nitrogens with one attached hydrogen (secondary N) is 4. The first-order valence-electron chi connectivity index (χ1n) is 12.1. The van der Waals surface area contributed by atoms with E-state index in [4.69, 9.17) is 23.2 Å². The van der Waals surface area contributed by atoms with E-state index in [1.54, 1.807) is 0 Å². The maximum atomic E-state index is 15.6. The summed E-state index contributed by atoms with van der Waals surface area (Å²) in [6.45, 7) is 3.98. The van der Waals surface area contributed by atoms with Gasteiger partial charge in [-0.15, -0.1) is 0 Å². The Kier molecular flexibility index (Phi) is 7.28. The molecule has 0 fully saturated rings. The second kappa shape index (κ2) is 10.5. The van der Waals surface area contributed by atoms with Crippen LogP contribution in [0.2, 0.25) is 10.0 Å². The van der Waals surface area contributed by atoms with Gasteiger partial charge in [0.05, 0.1) is 43.9 Å². The molecule has 0 aliphatic heterocycles. The first-order valence-corrected chi connectivity index (χ1v) is 14.3. The number of imidazole rings is 1. The number of halogens is 3. The van der Waals surface area contributed by atoms with Crippen LogP contribution >= 0.6 is 23.2 Å². The van der Waals surface area contributed by atoms with Crippen LogP contribution in [0.4, 0.5) is 10.1 Å². The Labute approximate surface area is 234 Å². The third-order valence-corrected chi connectivity index (χ3v) is 8.22. The van der Waals surface area contributed by atoms with Gasteiger partial charge in [-0.1, -0.05) is 55.2 Å². The number of amides is 1. The van der Waals surface area contributed by atoms with Crippen LogP contribution in [0, 0.1) is 11.7 Å². The molecule has 1 amide bonds. The van der Waals surface area contributed by atoms with Gasteiger partial charge in [0, 0.05) is 11.6 Å². The molecule has 8 nitrogen and oxygen atoms in total. The summed E-state index contributed by atoms with van der Waals surface area (Å²) in [5, 5.41) is 3.88. The first-order chi connectivity index (χ1) is 18.5. The van der Waals surface area contributed by atoms with Gasteiger partial charge < -0.3 is 15.3 Å². The van der Waals surface area contributed by atoms with Crippen LogP contribution in [0.15, 0.2) is 65.7 Å². The lowest BCUT2D eigenvalue weighted by Crippen LogP contribution is -2.31. The number of carbonyl (C=O) groups excluding carboxylic acids is 1. The van der Waals surface area contributed by atoms with Crippen molar-refractivity contribution in [2.75, 3.05) is 4.72 Å². The topological polar surface area (TPSA) is 120 Å². The van der Waals surface area contributed by atoms with E-state index in [2.05, 4.69) is 25.0 Å². The number of aromatic amines is 2. The van der Waals surface area contributed by atoms with Crippen molar-refractivity contribution in [1.29, 1.82) is 0 Å². The van der Waals surface area contributed by atoms with Gasteiger partial charge in [-0.25, -0.2) is 17.8 Å². The summed E-state index contributed by atoms with van der Waals surface area (Å²) in [7, 11) is -4.44. The molecule has 4 N–H and O–H groups in total. The monoisotopic (exact) mass is 587 g/mol. The Balaban J connectivity index is 1.45. The van der Waals surface area contributed by atoms with Crippen LogP contribution in [0.3, 0.4) is 0 Å². The number of para-hydroxylation sites is 2. The number of carbonyl (C=O) groups is 1. The molecule has 0 radical (unpaired) electrons. The van der Waals surface area contributed by atoms with Crippen molar-refractivity contribution in [1.82, 2.24) is 20.3 Å². The molecule has 5 aromatic rings. The molecule has 202 valence electrons. The number of hydrogen-bond donors (Lipinski definition) is 4. The van der Waals surface area contributed by atoms with Gasteiger partial charge in [0.15, 0.2) is 5.82 Å². The van der Waals surface area contributed by atoms with E-state index in [9.17, 15) is 13.2 Å². The molecule has 12 heteroatoms. The third-order valence-electron chi connectivity index (χ3n) is 6.23. The molecule has 2 aromatic heterocycles. The molecular weight excluding hydrogens is 564 g/mol. The Bertz CT molecular complexity index is 1780. The Morgan fingerprint density at radius 3 is 2.56 bits per heavy atom. The predicted octanol–water partition coefficient (Wildman–Crippen LogP) is 6.81. The smallest absolute Gasteiger partial charge is 0.264 e. The van der Waals surface area contributed by atoms with Crippen molar-refractivity contribution in [2.45, 2.75) is 31.2 Å². The average Bonchev–Trinajstić information content (AvgIpc) is 3.49. The SMILES string of the molecule is CC(C)C[C@H](NC(=O)c1cccc(S(=O)(=O)Nc2ccc(Cl)c3c(Cl)c[nH]c23)c1F)c1nc2ccccc2[nH]1. The predicted molar refractivity (Wildman–Crippen MR) is 151 cm³/mol. The minimum atomic E-state index is -4.44. The molecule has 0 saturated carbocycles. The third kappa shape index (κ3) is 5.32. The standard InChI is InChI=1S/C27H24Cl2FN5O3S/c1-14(2)12-21(26-32-18-7-3-4-8-19(18)33-26)34-27(36)15-6-5-9-22(24(15)30)39(37,38)35-20-11-10-16(28)23-17(29)13-31-25(20)23/h3-11,13-14,21,31,35H,12H2,1-2H3,(H,32,33)(H,34,36)/t21-/m0/s1. The first kappa shape index (κ1) is 27.0. The Morgan fingerprint density at radius 2 is 1.82 bits per heavy atom. The van der Waals surface area contributed by atoms with Crippen molar-refractivity contribution in [3.8, 4) is 0 Å². The minimum Gasteiger partial charge on any atom is -0.358 e. The van der Waals surface area contributed by atoms with E-state index >= 15 is 4.39 Å². The zero-order chi connectivity index (χ0) is 27.9. The van der Waals surface area contributed by atoms with E-state index in [0.29, 0.717) is 33.2 Å². The quantitative estimate of drug-likeness (QED) is 0.159. The second-order valence-electron chi connectivity index (χ2n) is 9.50. The van der Waals surface area contributed by atoms with Crippen molar-refractivity contribution < 1.29 is 17.6 Å². The van der Waals surface area contributed by atoms with E-state index in [1.807, 2.05) is 38.1 Å². The van der Waals surface area contributed by atoms with Crippen molar-refractivity contribution in [3.63, 3.8) is 0 Å². The van der Waals surface area contributed by atoms with Crippen molar-refractivity contribution >= 4 is 66.8 Å². The summed E-state index contributed by atoms with van der Waals surface area (Å²) in [6.07, 6.45) is 2.00. The fourth-order valence-electron chi connectivity index (χ4n) is 4.43. The molecule has 3 aromatic carbocycles. The molecule has 1 atom stereocenters. The number of aromatic nitrogens is 3. The summed E-state index contributed by atoms with van der Waals surface area (Å²) < 4.78 is 44.5. The average molecular weight is 588 g/mol. The maximum absolute atomic E-state index is 15.6. The highest BCUT2D eigenvalue weighted by Crippen LogP contribution is 2.35. The van der Waals surface area contributed by atoms with Crippen LogP contribution in [0.1, 0.15) is 42.5 Å². The van der Waals surface area contributed by atoms with E-state index in [0.717, 1.165) is 17.1 Å². The van der Waals surface area contributed by atoms with E-state index in [1.165, 1.54) is 30.5 Å².